The summed E-state index contributed by atoms with van der Waals surface area (Å²) in [5.41, 5.74) is 6.39. The van der Waals surface area contributed by atoms with Gasteiger partial charge in [0.05, 0.1) is 0 Å². The van der Waals surface area contributed by atoms with Crippen LogP contribution in [0.1, 0.15) is 58.8 Å². The fraction of sp³-hybridized carbons (Fsp3) is 1.00. The summed E-state index contributed by atoms with van der Waals surface area (Å²) in [6, 6.07) is 0. The average molecular weight is 238 g/mol. The van der Waals surface area contributed by atoms with Crippen molar-refractivity contribution in [3.63, 3.8) is 0 Å². The molecule has 0 amide bonds. The van der Waals surface area contributed by atoms with E-state index in [4.69, 9.17) is 5.73 Å². The maximum absolute atomic E-state index is 6.12. The number of nitrogens with zero attached hydrogens (tertiary/aromatic N) is 1. The summed E-state index contributed by atoms with van der Waals surface area (Å²) in [5, 5.41) is 0. The van der Waals surface area contributed by atoms with Crippen LogP contribution in [0.4, 0.5) is 0 Å². The van der Waals surface area contributed by atoms with Gasteiger partial charge in [0.1, 0.15) is 0 Å². The Hall–Kier alpha value is -0.0800. The smallest absolute Gasteiger partial charge is 0.0306 e. The van der Waals surface area contributed by atoms with Crippen LogP contribution >= 0.6 is 0 Å². The molecule has 1 unspecified atom stereocenters. The van der Waals surface area contributed by atoms with E-state index < -0.39 is 0 Å². The lowest BCUT2D eigenvalue weighted by atomic mass is 9.75. The SMILES string of the molecule is CCCN(CC1CC1)C(C)(CN)CC1CCC1. The molecule has 0 aliphatic heterocycles. The molecule has 2 fully saturated rings. The summed E-state index contributed by atoms with van der Waals surface area (Å²) < 4.78 is 0. The first-order valence-corrected chi connectivity index (χ1v) is 7.63. The maximum atomic E-state index is 6.12. The molecule has 2 aliphatic rings. The average Bonchev–Trinajstić information content (AvgIpc) is 3.06. The quantitative estimate of drug-likeness (QED) is 0.704. The van der Waals surface area contributed by atoms with Crippen molar-refractivity contribution in [1.82, 2.24) is 4.90 Å². The first-order chi connectivity index (χ1) is 8.18. The Morgan fingerprint density at radius 1 is 1.18 bits per heavy atom. The van der Waals surface area contributed by atoms with Crippen molar-refractivity contribution in [2.45, 2.75) is 64.3 Å². The van der Waals surface area contributed by atoms with Gasteiger partial charge < -0.3 is 5.73 Å². The molecule has 0 heterocycles. The van der Waals surface area contributed by atoms with Crippen molar-refractivity contribution in [3.05, 3.63) is 0 Å². The summed E-state index contributed by atoms with van der Waals surface area (Å²) in [6.45, 7) is 8.06. The zero-order valence-electron chi connectivity index (χ0n) is 11.8. The van der Waals surface area contributed by atoms with Crippen LogP contribution in [0.2, 0.25) is 0 Å². The Balaban J connectivity index is 1.93. The second-order valence-corrected chi connectivity index (χ2v) is 6.59. The molecule has 2 saturated carbocycles. The molecule has 100 valence electrons. The molecule has 0 radical (unpaired) electrons. The first-order valence-electron chi connectivity index (χ1n) is 7.63. The molecule has 0 spiro atoms. The fourth-order valence-electron chi connectivity index (χ4n) is 3.12. The lowest BCUT2D eigenvalue weighted by molar-refractivity contribution is 0.0634. The lowest BCUT2D eigenvalue weighted by Crippen LogP contribution is -2.54. The van der Waals surface area contributed by atoms with E-state index >= 15 is 0 Å². The van der Waals surface area contributed by atoms with Gasteiger partial charge in [-0.25, -0.2) is 0 Å². The topological polar surface area (TPSA) is 29.3 Å². The molecular formula is C15H30N2. The third-order valence-electron chi connectivity index (χ3n) is 4.83. The van der Waals surface area contributed by atoms with Crippen LogP contribution < -0.4 is 5.73 Å². The Labute approximate surface area is 107 Å². The monoisotopic (exact) mass is 238 g/mol. The molecule has 2 nitrogen and oxygen atoms in total. The molecule has 0 saturated heterocycles. The molecule has 2 N–H and O–H groups in total. The fourth-order valence-corrected chi connectivity index (χ4v) is 3.12. The van der Waals surface area contributed by atoms with E-state index in [9.17, 15) is 0 Å². The predicted octanol–water partition coefficient (Wildman–Crippen LogP) is 3.02. The van der Waals surface area contributed by atoms with Crippen molar-refractivity contribution in [2.75, 3.05) is 19.6 Å². The van der Waals surface area contributed by atoms with Gasteiger partial charge in [-0.3, -0.25) is 4.90 Å². The highest BCUT2D eigenvalue weighted by atomic mass is 15.2. The third kappa shape index (κ3) is 3.45. The molecule has 0 aromatic heterocycles. The summed E-state index contributed by atoms with van der Waals surface area (Å²) in [6.07, 6.45) is 9.82. The Morgan fingerprint density at radius 2 is 1.88 bits per heavy atom. The van der Waals surface area contributed by atoms with Crippen LogP contribution in [0.3, 0.4) is 0 Å². The van der Waals surface area contributed by atoms with Crippen molar-refractivity contribution in [3.8, 4) is 0 Å². The normalized spacial score (nSPS) is 24.7. The highest BCUT2D eigenvalue weighted by molar-refractivity contribution is 4.93. The van der Waals surface area contributed by atoms with Crippen molar-refractivity contribution in [1.29, 1.82) is 0 Å². The number of hydrogen-bond acceptors (Lipinski definition) is 2. The van der Waals surface area contributed by atoms with E-state index in [0.717, 1.165) is 18.4 Å². The van der Waals surface area contributed by atoms with Crippen molar-refractivity contribution < 1.29 is 0 Å². The van der Waals surface area contributed by atoms with E-state index in [1.165, 1.54) is 58.0 Å². The molecule has 2 rings (SSSR count). The zero-order valence-corrected chi connectivity index (χ0v) is 11.8. The molecule has 1 atom stereocenters. The van der Waals surface area contributed by atoms with E-state index in [-0.39, 0.29) is 5.54 Å². The summed E-state index contributed by atoms with van der Waals surface area (Å²) in [4.78, 5) is 2.71. The summed E-state index contributed by atoms with van der Waals surface area (Å²) in [5.74, 6) is 1.94. The van der Waals surface area contributed by atoms with Gasteiger partial charge in [-0.1, -0.05) is 26.2 Å². The molecule has 0 bridgehead atoms. The molecule has 0 aromatic rings. The minimum atomic E-state index is 0.268. The van der Waals surface area contributed by atoms with E-state index in [1.54, 1.807) is 0 Å². The van der Waals surface area contributed by atoms with Crippen LogP contribution in [0.25, 0.3) is 0 Å². The summed E-state index contributed by atoms with van der Waals surface area (Å²) >= 11 is 0. The Morgan fingerprint density at radius 3 is 2.29 bits per heavy atom. The van der Waals surface area contributed by atoms with Gasteiger partial charge in [0.15, 0.2) is 0 Å². The predicted molar refractivity (Wildman–Crippen MR) is 74.0 cm³/mol. The largest absolute Gasteiger partial charge is 0.329 e. The zero-order chi connectivity index (χ0) is 12.3. The third-order valence-corrected chi connectivity index (χ3v) is 4.83. The van der Waals surface area contributed by atoms with Crippen LogP contribution in [0, 0.1) is 11.8 Å². The van der Waals surface area contributed by atoms with Crippen LogP contribution in [-0.4, -0.2) is 30.1 Å². The lowest BCUT2D eigenvalue weighted by Gasteiger charge is -2.45. The van der Waals surface area contributed by atoms with E-state index in [1.807, 2.05) is 0 Å². The highest BCUT2D eigenvalue weighted by Crippen LogP contribution is 2.38. The Bertz CT molecular complexity index is 233. The number of nitrogens with two attached hydrogens (primary N) is 1. The van der Waals surface area contributed by atoms with Gasteiger partial charge in [-0.05, 0) is 51.0 Å². The van der Waals surface area contributed by atoms with Gasteiger partial charge in [0.25, 0.3) is 0 Å². The van der Waals surface area contributed by atoms with Crippen molar-refractivity contribution >= 4 is 0 Å². The van der Waals surface area contributed by atoms with E-state index in [2.05, 4.69) is 18.7 Å². The highest BCUT2D eigenvalue weighted by Gasteiger charge is 2.37. The Kier molecular flexibility index (Phi) is 4.48. The number of rotatable bonds is 8. The van der Waals surface area contributed by atoms with Gasteiger partial charge in [-0.2, -0.15) is 0 Å². The first kappa shape index (κ1) is 13.4. The minimum Gasteiger partial charge on any atom is -0.329 e. The molecule has 0 aromatic carbocycles. The van der Waals surface area contributed by atoms with Crippen LogP contribution in [0.5, 0.6) is 0 Å². The summed E-state index contributed by atoms with van der Waals surface area (Å²) in [7, 11) is 0. The molecule has 2 heteroatoms. The van der Waals surface area contributed by atoms with Crippen LogP contribution in [-0.2, 0) is 0 Å². The minimum absolute atomic E-state index is 0.268. The van der Waals surface area contributed by atoms with Crippen LogP contribution in [0.15, 0.2) is 0 Å². The maximum Gasteiger partial charge on any atom is 0.0306 e. The standard InChI is InChI=1S/C15H30N2/c1-3-9-17(11-14-7-8-14)15(2,12-16)10-13-5-4-6-13/h13-14H,3-12,16H2,1-2H3. The van der Waals surface area contributed by atoms with Gasteiger partial charge in [0.2, 0.25) is 0 Å². The van der Waals surface area contributed by atoms with Gasteiger partial charge in [0, 0.05) is 18.6 Å². The molecular weight excluding hydrogens is 208 g/mol. The van der Waals surface area contributed by atoms with E-state index in [0.29, 0.717) is 0 Å². The number of hydrogen-bond donors (Lipinski definition) is 1. The van der Waals surface area contributed by atoms with Gasteiger partial charge >= 0.3 is 0 Å². The molecule has 17 heavy (non-hydrogen) atoms. The van der Waals surface area contributed by atoms with Crippen molar-refractivity contribution in [2.24, 2.45) is 17.6 Å². The molecule has 2 aliphatic carbocycles. The second kappa shape index (κ2) is 5.71. The van der Waals surface area contributed by atoms with Gasteiger partial charge in [-0.15, -0.1) is 0 Å². The second-order valence-electron chi connectivity index (χ2n) is 6.59.